The quantitative estimate of drug-likeness (QED) is 0.760. The smallest absolute Gasteiger partial charge is 0.0529 e. The van der Waals surface area contributed by atoms with E-state index in [1.54, 1.807) is 0 Å². The van der Waals surface area contributed by atoms with Gasteiger partial charge >= 0.3 is 0 Å². The highest BCUT2D eigenvalue weighted by molar-refractivity contribution is 9.10. The number of nitrogens with one attached hydrogen (secondary N) is 1. The first-order valence-electron chi connectivity index (χ1n) is 6.74. The topological polar surface area (TPSA) is 17.0 Å². The van der Waals surface area contributed by atoms with Gasteiger partial charge in [-0.3, -0.25) is 0 Å². The van der Waals surface area contributed by atoms with Crippen LogP contribution in [0.25, 0.3) is 10.9 Å². The van der Waals surface area contributed by atoms with Crippen molar-refractivity contribution in [1.29, 1.82) is 0 Å². The molecule has 0 saturated carbocycles. The molecule has 1 N–H and O–H groups in total. The van der Waals surface area contributed by atoms with Crippen LogP contribution in [0.3, 0.4) is 0 Å². The number of fused-ring (bicyclic) bond motifs is 1. The molecule has 0 spiro atoms. The average molecular weight is 329 g/mol. The fourth-order valence-corrected chi connectivity index (χ4v) is 3.08. The zero-order valence-electron chi connectivity index (χ0n) is 11.4. The molecule has 0 fully saturated rings. The van der Waals surface area contributed by atoms with Gasteiger partial charge in [-0.15, -0.1) is 0 Å². The molecular formula is C17H17BrN2. The molecule has 0 aliphatic heterocycles. The van der Waals surface area contributed by atoms with Gasteiger partial charge in [0.15, 0.2) is 0 Å². The van der Waals surface area contributed by atoms with Crippen LogP contribution >= 0.6 is 15.9 Å². The van der Waals surface area contributed by atoms with Gasteiger partial charge in [0.1, 0.15) is 0 Å². The molecule has 3 rings (SSSR count). The van der Waals surface area contributed by atoms with Crippen molar-refractivity contribution in [2.24, 2.45) is 0 Å². The number of hydrogen-bond acceptors (Lipinski definition) is 1. The molecule has 0 radical (unpaired) electrons. The van der Waals surface area contributed by atoms with E-state index in [9.17, 15) is 0 Å². The van der Waals surface area contributed by atoms with Gasteiger partial charge < -0.3 is 9.88 Å². The summed E-state index contributed by atoms with van der Waals surface area (Å²) in [4.78, 5) is 0. The standard InChI is InChI=1S/C17H17BrN2/c1-19-11-15-6-3-5-14-8-9-20(17(14)15)12-13-4-2-7-16(18)10-13/h2-10,19H,11-12H2,1H3. The van der Waals surface area contributed by atoms with Crippen molar-refractivity contribution in [3.05, 3.63) is 70.3 Å². The molecule has 0 unspecified atom stereocenters. The molecule has 20 heavy (non-hydrogen) atoms. The first-order chi connectivity index (χ1) is 9.78. The highest BCUT2D eigenvalue weighted by Crippen LogP contribution is 2.22. The summed E-state index contributed by atoms with van der Waals surface area (Å²) < 4.78 is 3.45. The maximum Gasteiger partial charge on any atom is 0.0529 e. The van der Waals surface area contributed by atoms with E-state index in [0.29, 0.717) is 0 Å². The molecule has 0 atom stereocenters. The van der Waals surface area contributed by atoms with Gasteiger partial charge in [-0.1, -0.05) is 46.3 Å². The minimum Gasteiger partial charge on any atom is -0.343 e. The number of benzene rings is 2. The molecule has 0 saturated heterocycles. The first-order valence-corrected chi connectivity index (χ1v) is 7.53. The maximum atomic E-state index is 3.54. The molecule has 2 aromatic carbocycles. The Morgan fingerprint density at radius 2 is 1.95 bits per heavy atom. The third-order valence-corrected chi connectivity index (χ3v) is 3.97. The number of hydrogen-bond donors (Lipinski definition) is 1. The highest BCUT2D eigenvalue weighted by Gasteiger charge is 2.06. The normalized spacial score (nSPS) is 11.1. The van der Waals surface area contributed by atoms with Crippen LogP contribution in [0.4, 0.5) is 0 Å². The minimum atomic E-state index is 0.889. The van der Waals surface area contributed by atoms with Gasteiger partial charge in [0.05, 0.1) is 5.52 Å². The summed E-state index contributed by atoms with van der Waals surface area (Å²) in [6.07, 6.45) is 2.17. The van der Waals surface area contributed by atoms with Crippen molar-refractivity contribution in [2.75, 3.05) is 7.05 Å². The van der Waals surface area contributed by atoms with Crippen LogP contribution in [0.15, 0.2) is 59.2 Å². The van der Waals surface area contributed by atoms with E-state index in [1.807, 2.05) is 7.05 Å². The molecule has 3 heteroatoms. The predicted octanol–water partition coefficient (Wildman–Crippen LogP) is 4.17. The molecule has 0 aliphatic carbocycles. The third kappa shape index (κ3) is 2.65. The van der Waals surface area contributed by atoms with Gasteiger partial charge in [-0.2, -0.15) is 0 Å². The average Bonchev–Trinajstić information content (AvgIpc) is 2.84. The second-order valence-corrected chi connectivity index (χ2v) is 5.87. The van der Waals surface area contributed by atoms with Crippen LogP contribution in [0.2, 0.25) is 0 Å². The minimum absolute atomic E-state index is 0.889. The SMILES string of the molecule is CNCc1cccc2ccn(Cc3cccc(Br)c3)c12. The van der Waals surface area contributed by atoms with Crippen molar-refractivity contribution in [3.63, 3.8) is 0 Å². The lowest BCUT2D eigenvalue weighted by Gasteiger charge is -2.10. The van der Waals surface area contributed by atoms with Crippen molar-refractivity contribution in [2.45, 2.75) is 13.1 Å². The molecule has 1 aromatic heterocycles. The van der Waals surface area contributed by atoms with Crippen LogP contribution in [0.5, 0.6) is 0 Å². The molecule has 0 bridgehead atoms. The van der Waals surface area contributed by atoms with Crippen molar-refractivity contribution in [3.8, 4) is 0 Å². The largest absolute Gasteiger partial charge is 0.343 e. The highest BCUT2D eigenvalue weighted by atomic mass is 79.9. The van der Waals surface area contributed by atoms with E-state index in [2.05, 4.69) is 80.5 Å². The van der Waals surface area contributed by atoms with Crippen LogP contribution in [0, 0.1) is 0 Å². The van der Waals surface area contributed by atoms with Gasteiger partial charge in [-0.25, -0.2) is 0 Å². The van der Waals surface area contributed by atoms with E-state index in [4.69, 9.17) is 0 Å². The Balaban J connectivity index is 2.03. The summed E-state index contributed by atoms with van der Waals surface area (Å²) in [6.45, 7) is 1.78. The number of aromatic nitrogens is 1. The lowest BCUT2D eigenvalue weighted by atomic mass is 10.1. The Hall–Kier alpha value is -1.58. The summed E-state index contributed by atoms with van der Waals surface area (Å²) in [7, 11) is 1.99. The van der Waals surface area contributed by atoms with E-state index < -0.39 is 0 Å². The van der Waals surface area contributed by atoms with Gasteiger partial charge in [0.2, 0.25) is 0 Å². The fraction of sp³-hybridized carbons (Fsp3) is 0.176. The van der Waals surface area contributed by atoms with Crippen LogP contribution in [-0.2, 0) is 13.1 Å². The van der Waals surface area contributed by atoms with Gasteiger partial charge in [0.25, 0.3) is 0 Å². The summed E-state index contributed by atoms with van der Waals surface area (Å²) in [5.74, 6) is 0. The predicted molar refractivity (Wildman–Crippen MR) is 87.9 cm³/mol. The molecule has 3 aromatic rings. The van der Waals surface area contributed by atoms with Crippen molar-refractivity contribution >= 4 is 26.8 Å². The van der Waals surface area contributed by atoms with E-state index in [1.165, 1.54) is 22.0 Å². The molecule has 1 heterocycles. The van der Waals surface area contributed by atoms with Gasteiger partial charge in [-0.05, 0) is 41.8 Å². The summed E-state index contributed by atoms with van der Waals surface area (Å²) in [5.41, 5.74) is 3.96. The van der Waals surface area contributed by atoms with Crippen LogP contribution in [0.1, 0.15) is 11.1 Å². The number of para-hydroxylation sites is 1. The number of nitrogens with zero attached hydrogens (tertiary/aromatic N) is 1. The number of rotatable bonds is 4. The fourth-order valence-electron chi connectivity index (χ4n) is 2.64. The Morgan fingerprint density at radius 3 is 2.75 bits per heavy atom. The van der Waals surface area contributed by atoms with Crippen LogP contribution in [-0.4, -0.2) is 11.6 Å². The van der Waals surface area contributed by atoms with E-state index in [0.717, 1.165) is 17.6 Å². The molecule has 2 nitrogen and oxygen atoms in total. The molecule has 102 valence electrons. The lowest BCUT2D eigenvalue weighted by molar-refractivity contribution is 0.796. The van der Waals surface area contributed by atoms with E-state index >= 15 is 0 Å². The second kappa shape index (κ2) is 5.81. The van der Waals surface area contributed by atoms with E-state index in [-0.39, 0.29) is 0 Å². The van der Waals surface area contributed by atoms with Crippen molar-refractivity contribution < 1.29 is 0 Å². The molecule has 0 aliphatic rings. The van der Waals surface area contributed by atoms with Gasteiger partial charge in [0, 0.05) is 23.8 Å². The zero-order chi connectivity index (χ0) is 13.9. The summed E-state index contributed by atoms with van der Waals surface area (Å²) in [6, 6.07) is 17.2. The van der Waals surface area contributed by atoms with Crippen LogP contribution < -0.4 is 5.32 Å². The monoisotopic (exact) mass is 328 g/mol. The zero-order valence-corrected chi connectivity index (χ0v) is 13.0. The second-order valence-electron chi connectivity index (χ2n) is 4.96. The Kier molecular flexibility index (Phi) is 3.90. The summed E-state index contributed by atoms with van der Waals surface area (Å²) >= 11 is 3.54. The third-order valence-electron chi connectivity index (χ3n) is 3.48. The Morgan fingerprint density at radius 1 is 1.10 bits per heavy atom. The Bertz CT molecular complexity index is 731. The van der Waals surface area contributed by atoms with Crippen molar-refractivity contribution in [1.82, 2.24) is 9.88 Å². The maximum absolute atomic E-state index is 3.54. The molecule has 0 amide bonds. The molecular weight excluding hydrogens is 312 g/mol. The number of halogens is 1. The summed E-state index contributed by atoms with van der Waals surface area (Å²) in [5, 5.41) is 4.54. The Labute approximate surface area is 127 Å². The first kappa shape index (κ1) is 13.4. The lowest BCUT2D eigenvalue weighted by Crippen LogP contribution is -2.07.